The van der Waals surface area contributed by atoms with Crippen LogP contribution in [0.2, 0.25) is 5.02 Å². The van der Waals surface area contributed by atoms with Crippen molar-refractivity contribution in [3.63, 3.8) is 0 Å². The third-order valence-corrected chi connectivity index (χ3v) is 4.84. The Morgan fingerprint density at radius 3 is 2.84 bits per heavy atom. The van der Waals surface area contributed by atoms with Crippen molar-refractivity contribution in [2.45, 2.75) is 43.8 Å². The fraction of sp³-hybridized carbons (Fsp3) is 0.571. The minimum absolute atomic E-state index is 0.0260. The first-order valence-electron chi connectivity index (χ1n) is 6.77. The summed E-state index contributed by atoms with van der Waals surface area (Å²) in [5, 5.41) is 4.12. The van der Waals surface area contributed by atoms with Gasteiger partial charge >= 0.3 is 0 Å². The lowest BCUT2D eigenvalue weighted by Crippen LogP contribution is -2.15. The summed E-state index contributed by atoms with van der Waals surface area (Å²) in [5.41, 5.74) is 0. The zero-order valence-electron chi connectivity index (χ0n) is 10.9. The van der Waals surface area contributed by atoms with Crippen molar-refractivity contribution in [3.8, 4) is 0 Å². The molecule has 1 aromatic rings. The minimum Gasteiger partial charge on any atom is -0.311 e. The van der Waals surface area contributed by atoms with Gasteiger partial charge in [0, 0.05) is 23.6 Å². The van der Waals surface area contributed by atoms with Crippen molar-refractivity contribution in [1.29, 1.82) is 0 Å². The van der Waals surface area contributed by atoms with E-state index in [2.05, 4.69) is 10.3 Å². The van der Waals surface area contributed by atoms with Gasteiger partial charge in [0.15, 0.2) is 0 Å². The number of anilines is 1. The Bertz CT molecular complexity index is 404. The molecule has 1 aliphatic rings. The van der Waals surface area contributed by atoms with Crippen LogP contribution < -0.4 is 5.32 Å². The van der Waals surface area contributed by atoms with Crippen LogP contribution in [0.15, 0.2) is 18.3 Å². The van der Waals surface area contributed by atoms with Gasteiger partial charge < -0.3 is 5.32 Å². The number of hydrogen-bond acceptors (Lipinski definition) is 3. The Balaban J connectivity index is 1.65. The van der Waals surface area contributed by atoms with Crippen molar-refractivity contribution >= 4 is 35.1 Å². The Labute approximate surface area is 123 Å². The van der Waals surface area contributed by atoms with Gasteiger partial charge in [-0.05, 0) is 25.0 Å². The van der Waals surface area contributed by atoms with E-state index in [1.165, 1.54) is 38.3 Å². The summed E-state index contributed by atoms with van der Waals surface area (Å²) in [6, 6.07) is 3.44. The van der Waals surface area contributed by atoms with E-state index in [9.17, 15) is 4.79 Å². The zero-order valence-corrected chi connectivity index (χ0v) is 12.5. The normalized spacial score (nSPS) is 16.3. The maximum absolute atomic E-state index is 11.7. The second kappa shape index (κ2) is 7.75. The number of amides is 1. The van der Waals surface area contributed by atoms with Crippen LogP contribution >= 0.6 is 23.4 Å². The molecule has 1 fully saturated rings. The van der Waals surface area contributed by atoms with Crippen molar-refractivity contribution in [2.24, 2.45) is 0 Å². The summed E-state index contributed by atoms with van der Waals surface area (Å²) in [6.45, 7) is 0. The van der Waals surface area contributed by atoms with Crippen LogP contribution in [0.25, 0.3) is 0 Å². The topological polar surface area (TPSA) is 42.0 Å². The predicted octanol–water partition coefficient (Wildman–Crippen LogP) is 4.13. The largest absolute Gasteiger partial charge is 0.311 e. The lowest BCUT2D eigenvalue weighted by molar-refractivity contribution is -0.115. The molecule has 0 radical (unpaired) electrons. The minimum atomic E-state index is 0.0260. The molecule has 1 saturated carbocycles. The van der Waals surface area contributed by atoms with Gasteiger partial charge in [0.2, 0.25) is 5.91 Å². The van der Waals surface area contributed by atoms with Gasteiger partial charge in [-0.2, -0.15) is 11.8 Å². The molecule has 0 aromatic carbocycles. The average molecular weight is 299 g/mol. The Morgan fingerprint density at radius 2 is 2.16 bits per heavy atom. The van der Waals surface area contributed by atoms with Gasteiger partial charge in [0.25, 0.3) is 0 Å². The molecule has 0 bridgehead atoms. The smallest absolute Gasteiger partial charge is 0.226 e. The van der Waals surface area contributed by atoms with Crippen LogP contribution in [-0.4, -0.2) is 21.9 Å². The van der Waals surface area contributed by atoms with E-state index < -0.39 is 0 Å². The lowest BCUT2D eigenvalue weighted by Gasteiger charge is -2.20. The van der Waals surface area contributed by atoms with Crippen molar-refractivity contribution in [2.75, 3.05) is 11.1 Å². The molecule has 0 atom stereocenters. The van der Waals surface area contributed by atoms with Gasteiger partial charge in [-0.1, -0.05) is 30.9 Å². The highest BCUT2D eigenvalue weighted by Gasteiger charge is 2.14. The van der Waals surface area contributed by atoms with Crippen LogP contribution in [-0.2, 0) is 4.79 Å². The quantitative estimate of drug-likeness (QED) is 0.888. The zero-order chi connectivity index (χ0) is 13.5. The lowest BCUT2D eigenvalue weighted by atomic mass is 10.0. The van der Waals surface area contributed by atoms with E-state index in [1.54, 1.807) is 12.1 Å². The summed E-state index contributed by atoms with van der Waals surface area (Å²) >= 11 is 7.68. The molecule has 1 aromatic heterocycles. The van der Waals surface area contributed by atoms with Crippen molar-refractivity contribution in [1.82, 2.24) is 4.98 Å². The molecular weight excluding hydrogens is 280 g/mol. The average Bonchev–Trinajstić information content (AvgIpc) is 2.43. The summed E-state index contributed by atoms with van der Waals surface area (Å²) in [7, 11) is 0. The van der Waals surface area contributed by atoms with Crippen molar-refractivity contribution < 1.29 is 4.79 Å². The Kier molecular flexibility index (Phi) is 5.98. The molecule has 0 aliphatic heterocycles. The molecule has 0 spiro atoms. The van der Waals surface area contributed by atoms with Crippen LogP contribution in [0.1, 0.15) is 38.5 Å². The van der Waals surface area contributed by atoms with E-state index >= 15 is 0 Å². The number of hydrogen-bond donors (Lipinski definition) is 1. The number of rotatable bonds is 5. The third kappa shape index (κ3) is 5.41. The van der Waals surface area contributed by atoms with Gasteiger partial charge in [-0.15, -0.1) is 0 Å². The summed E-state index contributed by atoms with van der Waals surface area (Å²) in [5.74, 6) is 1.49. The van der Waals surface area contributed by atoms with Gasteiger partial charge in [0.1, 0.15) is 5.82 Å². The number of nitrogens with zero attached hydrogens (tertiary/aromatic N) is 1. The third-order valence-electron chi connectivity index (χ3n) is 3.23. The standard InChI is InChI=1S/C14H19ClN2OS/c15-11-6-7-13(16-10-11)17-14(18)8-9-19-12-4-2-1-3-5-12/h6-7,10,12H,1-5,8-9H2,(H,16,17,18). The molecule has 0 saturated heterocycles. The monoisotopic (exact) mass is 298 g/mol. The number of carbonyl (C=O) groups is 1. The predicted molar refractivity (Wildman–Crippen MR) is 81.8 cm³/mol. The number of carbonyl (C=O) groups excluding carboxylic acids is 1. The highest BCUT2D eigenvalue weighted by atomic mass is 35.5. The summed E-state index contributed by atoms with van der Waals surface area (Å²) in [6.07, 6.45) is 8.77. The first kappa shape index (κ1) is 14.7. The van der Waals surface area contributed by atoms with E-state index in [0.29, 0.717) is 17.3 Å². The molecule has 3 nitrogen and oxygen atoms in total. The molecule has 5 heteroatoms. The number of pyridine rings is 1. The maximum atomic E-state index is 11.7. The van der Waals surface area contributed by atoms with Gasteiger partial charge in [0.05, 0.1) is 5.02 Å². The van der Waals surface area contributed by atoms with Gasteiger partial charge in [-0.3, -0.25) is 4.79 Å². The molecule has 1 amide bonds. The highest BCUT2D eigenvalue weighted by molar-refractivity contribution is 7.99. The number of thioether (sulfide) groups is 1. The highest BCUT2D eigenvalue weighted by Crippen LogP contribution is 2.28. The molecule has 1 heterocycles. The van der Waals surface area contributed by atoms with E-state index in [1.807, 2.05) is 11.8 Å². The first-order valence-corrected chi connectivity index (χ1v) is 8.20. The summed E-state index contributed by atoms with van der Waals surface area (Å²) < 4.78 is 0. The fourth-order valence-corrected chi connectivity index (χ4v) is 3.62. The number of halogens is 1. The molecule has 2 rings (SSSR count). The van der Waals surface area contributed by atoms with Crippen LogP contribution in [0.4, 0.5) is 5.82 Å². The Morgan fingerprint density at radius 1 is 1.37 bits per heavy atom. The summed E-state index contributed by atoms with van der Waals surface area (Å²) in [4.78, 5) is 15.8. The Hall–Kier alpha value is -0.740. The molecule has 104 valence electrons. The van der Waals surface area contributed by atoms with E-state index in [-0.39, 0.29) is 5.91 Å². The molecular formula is C14H19ClN2OS. The molecule has 19 heavy (non-hydrogen) atoms. The van der Waals surface area contributed by atoms with E-state index in [0.717, 1.165) is 11.0 Å². The molecule has 1 N–H and O–H groups in total. The van der Waals surface area contributed by atoms with Crippen LogP contribution in [0.5, 0.6) is 0 Å². The first-order chi connectivity index (χ1) is 9.24. The van der Waals surface area contributed by atoms with Crippen LogP contribution in [0, 0.1) is 0 Å². The van der Waals surface area contributed by atoms with Crippen LogP contribution in [0.3, 0.4) is 0 Å². The molecule has 0 unspecified atom stereocenters. The SMILES string of the molecule is O=C(CCSC1CCCCC1)Nc1ccc(Cl)cn1. The van der Waals surface area contributed by atoms with Gasteiger partial charge in [-0.25, -0.2) is 4.98 Å². The second-order valence-corrected chi connectivity index (χ2v) is 6.64. The second-order valence-electron chi connectivity index (χ2n) is 4.79. The fourth-order valence-electron chi connectivity index (χ4n) is 2.21. The van der Waals surface area contributed by atoms with Crippen molar-refractivity contribution in [3.05, 3.63) is 23.4 Å². The van der Waals surface area contributed by atoms with E-state index in [4.69, 9.17) is 11.6 Å². The molecule has 1 aliphatic carbocycles. The number of nitrogens with one attached hydrogen (secondary N) is 1. The number of aromatic nitrogens is 1. The maximum Gasteiger partial charge on any atom is 0.226 e.